The van der Waals surface area contributed by atoms with Crippen LogP contribution in [0.1, 0.15) is 58.3 Å². The summed E-state index contributed by atoms with van der Waals surface area (Å²) in [7, 11) is 0. The van der Waals surface area contributed by atoms with Crippen LogP contribution >= 0.6 is 11.9 Å². The first kappa shape index (κ1) is 28.5. The summed E-state index contributed by atoms with van der Waals surface area (Å²) >= 11 is 1.81. The first-order valence-corrected chi connectivity index (χ1v) is 16.6. The topological polar surface area (TPSA) is 120 Å². The molecule has 10 nitrogen and oxygen atoms in total. The van der Waals surface area contributed by atoms with E-state index in [1.165, 1.54) is 25.7 Å². The van der Waals surface area contributed by atoms with Crippen molar-refractivity contribution in [1.82, 2.24) is 20.5 Å². The number of nitrogens with zero attached hydrogens (tertiary/aromatic N) is 5. The molecular weight excluding hydrogens is 562 g/mol. The van der Waals surface area contributed by atoms with Crippen molar-refractivity contribution in [2.75, 3.05) is 47.2 Å². The summed E-state index contributed by atoms with van der Waals surface area (Å²) in [5.41, 5.74) is 4.25. The fraction of sp³-hybridized carbons (Fsp3) is 0.562. The maximum Gasteiger partial charge on any atom is 0.308 e. The van der Waals surface area contributed by atoms with Crippen LogP contribution < -0.4 is 19.8 Å². The lowest BCUT2D eigenvalue weighted by Gasteiger charge is -2.41. The highest BCUT2D eigenvalue weighted by atomic mass is 32.2. The molecule has 11 heteroatoms. The van der Waals surface area contributed by atoms with Crippen LogP contribution in [-0.4, -0.2) is 70.3 Å². The highest BCUT2D eigenvalue weighted by Crippen LogP contribution is 2.41. The number of hydrogen-bond acceptors (Lipinski definition) is 10. The minimum absolute atomic E-state index is 0.312. The third kappa shape index (κ3) is 6.77. The second-order valence-corrected chi connectivity index (χ2v) is 14.1. The molecule has 1 aromatic carbocycles. The summed E-state index contributed by atoms with van der Waals surface area (Å²) in [6.07, 6.45) is 10.7. The van der Waals surface area contributed by atoms with Gasteiger partial charge in [-0.25, -0.2) is 4.98 Å². The van der Waals surface area contributed by atoms with Gasteiger partial charge in [-0.3, -0.25) is 4.79 Å². The highest BCUT2D eigenvalue weighted by Gasteiger charge is 2.34. The van der Waals surface area contributed by atoms with Gasteiger partial charge in [-0.2, -0.15) is 0 Å². The summed E-state index contributed by atoms with van der Waals surface area (Å²) in [4.78, 5) is 20.6. The zero-order chi connectivity index (χ0) is 29.4. The van der Waals surface area contributed by atoms with E-state index in [2.05, 4.69) is 55.2 Å². The Balaban J connectivity index is 1.11. The van der Waals surface area contributed by atoms with Gasteiger partial charge in [0, 0.05) is 61.5 Å². The van der Waals surface area contributed by atoms with Gasteiger partial charge in [0.25, 0.3) is 0 Å². The highest BCUT2D eigenvalue weighted by molar-refractivity contribution is 8.01. The van der Waals surface area contributed by atoms with Gasteiger partial charge in [-0.15, -0.1) is 10.2 Å². The van der Waals surface area contributed by atoms with Crippen LogP contribution in [0.5, 0.6) is 0 Å². The molecular formula is C32H41N7O3S. The van der Waals surface area contributed by atoms with Crippen LogP contribution in [0.15, 0.2) is 40.9 Å². The van der Waals surface area contributed by atoms with E-state index < -0.39 is 5.97 Å². The number of anilines is 3. The van der Waals surface area contributed by atoms with Crippen molar-refractivity contribution in [1.29, 1.82) is 0 Å². The summed E-state index contributed by atoms with van der Waals surface area (Å²) in [6.45, 7) is 6.71. The molecule has 1 unspecified atom stereocenters. The molecule has 4 fully saturated rings. The van der Waals surface area contributed by atoms with Crippen molar-refractivity contribution in [3.8, 4) is 22.9 Å². The normalized spacial score (nSPS) is 22.0. The van der Waals surface area contributed by atoms with E-state index in [4.69, 9.17) is 4.42 Å². The van der Waals surface area contributed by atoms with Crippen molar-refractivity contribution in [3.05, 3.63) is 36.5 Å². The van der Waals surface area contributed by atoms with Gasteiger partial charge in [0.1, 0.15) is 5.82 Å². The number of benzene rings is 1. The summed E-state index contributed by atoms with van der Waals surface area (Å²) < 4.78 is 9.89. The number of nitrogens with one attached hydrogen (secondary N) is 2. The van der Waals surface area contributed by atoms with Gasteiger partial charge in [-0.05, 0) is 99.1 Å². The third-order valence-electron chi connectivity index (χ3n) is 9.31. The number of carbonyl (C=O) groups is 1. The van der Waals surface area contributed by atoms with E-state index in [1.807, 2.05) is 29.0 Å². The molecule has 7 rings (SSSR count). The first-order chi connectivity index (χ1) is 20.9. The van der Waals surface area contributed by atoms with Gasteiger partial charge in [0.2, 0.25) is 11.8 Å². The van der Waals surface area contributed by atoms with Crippen LogP contribution in [0.2, 0.25) is 0 Å². The zero-order valence-corrected chi connectivity index (χ0v) is 25.6. The average molecular weight is 604 g/mol. The Hall–Kier alpha value is -3.31. The Morgan fingerprint density at radius 2 is 1.86 bits per heavy atom. The van der Waals surface area contributed by atoms with Gasteiger partial charge in [-0.1, -0.05) is 6.92 Å². The Kier molecular flexibility index (Phi) is 7.94. The molecule has 228 valence electrons. The van der Waals surface area contributed by atoms with Crippen LogP contribution in [0.3, 0.4) is 0 Å². The molecule has 0 radical (unpaired) electrons. The molecule has 3 aromatic rings. The van der Waals surface area contributed by atoms with Crippen LogP contribution in [0.25, 0.3) is 22.9 Å². The Bertz CT molecular complexity index is 1450. The molecule has 2 aromatic heterocycles. The number of carboxylic acids is 1. The van der Waals surface area contributed by atoms with Crippen molar-refractivity contribution in [3.63, 3.8) is 0 Å². The average Bonchev–Trinajstić information content (AvgIpc) is 3.98. The van der Waals surface area contributed by atoms with Crippen LogP contribution in [-0.2, 0) is 4.79 Å². The molecule has 2 saturated carbocycles. The quantitative estimate of drug-likeness (QED) is 0.235. The molecule has 4 heterocycles. The lowest BCUT2D eigenvalue weighted by molar-refractivity contribution is -0.141. The fourth-order valence-electron chi connectivity index (χ4n) is 6.08. The van der Waals surface area contributed by atoms with E-state index in [0.717, 1.165) is 79.8 Å². The van der Waals surface area contributed by atoms with Gasteiger partial charge >= 0.3 is 5.97 Å². The SMILES string of the molecule is CC1(CNC2CC2)CCN(c2cc(NSC3CC3)ccc2-c2nnc(-c3ccnc(N4CCCC(C(=O)O)C4)c3)o2)CC1. The maximum atomic E-state index is 11.6. The summed E-state index contributed by atoms with van der Waals surface area (Å²) in [6, 6.07) is 11.0. The van der Waals surface area contributed by atoms with E-state index >= 15 is 0 Å². The smallest absolute Gasteiger partial charge is 0.308 e. The predicted molar refractivity (Wildman–Crippen MR) is 170 cm³/mol. The van der Waals surface area contributed by atoms with E-state index in [1.54, 1.807) is 6.20 Å². The lowest BCUT2D eigenvalue weighted by atomic mass is 9.80. The molecule has 0 bridgehead atoms. The number of piperidine rings is 2. The van der Waals surface area contributed by atoms with E-state index in [0.29, 0.717) is 35.4 Å². The van der Waals surface area contributed by atoms with Crippen molar-refractivity contribution < 1.29 is 14.3 Å². The minimum Gasteiger partial charge on any atom is -0.481 e. The number of rotatable bonds is 11. The van der Waals surface area contributed by atoms with Crippen molar-refractivity contribution in [2.24, 2.45) is 11.3 Å². The Morgan fingerprint density at radius 1 is 1.05 bits per heavy atom. The molecule has 2 aliphatic heterocycles. The van der Waals surface area contributed by atoms with Crippen LogP contribution in [0, 0.1) is 11.3 Å². The van der Waals surface area contributed by atoms with Crippen LogP contribution in [0.4, 0.5) is 17.2 Å². The van der Waals surface area contributed by atoms with Crippen molar-refractivity contribution in [2.45, 2.75) is 69.6 Å². The van der Waals surface area contributed by atoms with Crippen molar-refractivity contribution >= 4 is 35.1 Å². The molecule has 2 saturated heterocycles. The van der Waals surface area contributed by atoms with Gasteiger partial charge in [0.15, 0.2) is 0 Å². The van der Waals surface area contributed by atoms with E-state index in [9.17, 15) is 9.90 Å². The molecule has 0 spiro atoms. The zero-order valence-electron chi connectivity index (χ0n) is 24.8. The Morgan fingerprint density at radius 3 is 2.63 bits per heavy atom. The second kappa shape index (κ2) is 12.0. The first-order valence-electron chi connectivity index (χ1n) is 15.7. The Labute approximate surface area is 257 Å². The number of carboxylic acid groups (broad SMARTS) is 1. The minimum atomic E-state index is -0.751. The number of aliphatic carboxylic acids is 1. The lowest BCUT2D eigenvalue weighted by Crippen LogP contribution is -2.44. The molecule has 2 aliphatic carbocycles. The molecule has 3 N–H and O–H groups in total. The molecule has 4 aliphatic rings. The van der Waals surface area contributed by atoms with Gasteiger partial charge in [0.05, 0.1) is 17.2 Å². The second-order valence-electron chi connectivity index (χ2n) is 13.0. The predicted octanol–water partition coefficient (Wildman–Crippen LogP) is 5.68. The van der Waals surface area contributed by atoms with Gasteiger partial charge < -0.3 is 29.4 Å². The standard InChI is InChI=1S/C32H41N7O3S/c1-32(20-34-23-4-5-23)11-15-38(16-12-32)27-18-24(37-43-25-7-8-25)6-9-26(27)30-36-35-29(42-30)21-10-13-33-28(17-21)39-14-2-3-22(19-39)31(40)41/h6,9-10,13,17-18,22-23,25,34,37H,2-5,7-8,11-12,14-16,19-20H2,1H3,(H,40,41). The number of aromatic nitrogens is 3. The van der Waals surface area contributed by atoms with E-state index in [-0.39, 0.29) is 5.92 Å². The molecule has 0 amide bonds. The third-order valence-corrected chi connectivity index (χ3v) is 10.5. The molecule has 1 atom stereocenters. The molecule has 43 heavy (non-hydrogen) atoms. The number of pyridine rings is 1. The maximum absolute atomic E-state index is 11.6. The summed E-state index contributed by atoms with van der Waals surface area (Å²) in [5, 5.41) is 22.9. The fourth-order valence-corrected chi connectivity index (χ4v) is 6.88. The monoisotopic (exact) mass is 603 g/mol. The summed E-state index contributed by atoms with van der Waals surface area (Å²) in [5.74, 6) is 0.534. The largest absolute Gasteiger partial charge is 0.481 e. The number of hydrogen-bond donors (Lipinski definition) is 3.